The van der Waals surface area contributed by atoms with Gasteiger partial charge in [0.15, 0.2) is 0 Å². The van der Waals surface area contributed by atoms with Gasteiger partial charge < -0.3 is 10.6 Å². The summed E-state index contributed by atoms with van der Waals surface area (Å²) in [6.45, 7) is 3.99. The standard InChI is InChI=1S/C13H21N3/c1-11-10-13(6-8-15-11)16-9-3-2-4-12(16)5-7-14/h6,8,10,12H,2-5,7,9,14H2,1H3. The van der Waals surface area contributed by atoms with Gasteiger partial charge >= 0.3 is 0 Å². The van der Waals surface area contributed by atoms with E-state index in [1.807, 2.05) is 13.1 Å². The van der Waals surface area contributed by atoms with Crippen LogP contribution in [0.4, 0.5) is 5.69 Å². The van der Waals surface area contributed by atoms with Gasteiger partial charge in [-0.15, -0.1) is 0 Å². The van der Waals surface area contributed by atoms with Gasteiger partial charge in [0.2, 0.25) is 0 Å². The summed E-state index contributed by atoms with van der Waals surface area (Å²) >= 11 is 0. The molecule has 2 N–H and O–H groups in total. The molecule has 0 aromatic carbocycles. The first kappa shape index (κ1) is 11.4. The van der Waals surface area contributed by atoms with Gasteiger partial charge in [0.1, 0.15) is 0 Å². The molecule has 1 aromatic rings. The summed E-state index contributed by atoms with van der Waals surface area (Å²) in [5.74, 6) is 0. The van der Waals surface area contributed by atoms with Crippen molar-refractivity contribution in [3.8, 4) is 0 Å². The highest BCUT2D eigenvalue weighted by Gasteiger charge is 2.21. The summed E-state index contributed by atoms with van der Waals surface area (Å²) in [5.41, 5.74) is 8.09. The Morgan fingerprint density at radius 1 is 1.50 bits per heavy atom. The highest BCUT2D eigenvalue weighted by molar-refractivity contribution is 5.47. The third-order valence-corrected chi connectivity index (χ3v) is 3.34. The number of hydrogen-bond acceptors (Lipinski definition) is 3. The molecule has 0 radical (unpaired) electrons. The molecule has 1 atom stereocenters. The summed E-state index contributed by atoms with van der Waals surface area (Å²) in [6, 6.07) is 4.91. The monoisotopic (exact) mass is 219 g/mol. The number of nitrogens with zero attached hydrogens (tertiary/aromatic N) is 2. The molecule has 1 aliphatic rings. The quantitative estimate of drug-likeness (QED) is 0.846. The minimum Gasteiger partial charge on any atom is -0.368 e. The lowest BCUT2D eigenvalue weighted by Gasteiger charge is -2.37. The fraction of sp³-hybridized carbons (Fsp3) is 0.615. The zero-order valence-electron chi connectivity index (χ0n) is 10.0. The van der Waals surface area contributed by atoms with E-state index in [0.29, 0.717) is 6.04 Å². The van der Waals surface area contributed by atoms with Crippen LogP contribution in [-0.4, -0.2) is 24.1 Å². The largest absolute Gasteiger partial charge is 0.368 e. The SMILES string of the molecule is Cc1cc(N2CCCCC2CCN)ccn1. The highest BCUT2D eigenvalue weighted by atomic mass is 15.2. The third-order valence-electron chi connectivity index (χ3n) is 3.34. The minimum absolute atomic E-state index is 0.626. The van der Waals surface area contributed by atoms with Crippen LogP contribution in [0.5, 0.6) is 0 Å². The van der Waals surface area contributed by atoms with E-state index in [4.69, 9.17) is 5.73 Å². The van der Waals surface area contributed by atoms with Gasteiger partial charge in [0.05, 0.1) is 0 Å². The van der Waals surface area contributed by atoms with Crippen LogP contribution in [-0.2, 0) is 0 Å². The van der Waals surface area contributed by atoms with Crippen LogP contribution in [0.25, 0.3) is 0 Å². The normalized spacial score (nSPS) is 21.1. The number of pyridine rings is 1. The van der Waals surface area contributed by atoms with Crippen LogP contribution in [0.2, 0.25) is 0 Å². The van der Waals surface area contributed by atoms with E-state index in [1.54, 1.807) is 0 Å². The van der Waals surface area contributed by atoms with Crippen molar-refractivity contribution in [2.75, 3.05) is 18.0 Å². The molecule has 1 saturated heterocycles. The van der Waals surface area contributed by atoms with Crippen LogP contribution in [0.3, 0.4) is 0 Å². The summed E-state index contributed by atoms with van der Waals surface area (Å²) in [4.78, 5) is 6.76. The van der Waals surface area contributed by atoms with Crippen LogP contribution in [0.15, 0.2) is 18.3 Å². The molecule has 2 heterocycles. The summed E-state index contributed by atoms with van der Waals surface area (Å²) in [5, 5.41) is 0. The molecule has 0 amide bonds. The molecule has 0 bridgehead atoms. The molecule has 3 nitrogen and oxygen atoms in total. The van der Waals surface area contributed by atoms with Gasteiger partial charge in [-0.25, -0.2) is 0 Å². The lowest BCUT2D eigenvalue weighted by Crippen LogP contribution is -2.40. The maximum atomic E-state index is 5.69. The molecule has 16 heavy (non-hydrogen) atoms. The molecule has 0 spiro atoms. The van der Waals surface area contributed by atoms with E-state index in [2.05, 4.69) is 22.0 Å². The lowest BCUT2D eigenvalue weighted by molar-refractivity contribution is 0.442. The average molecular weight is 219 g/mol. The van der Waals surface area contributed by atoms with Crippen molar-refractivity contribution in [3.05, 3.63) is 24.0 Å². The average Bonchev–Trinajstić information content (AvgIpc) is 2.30. The molecule has 0 aliphatic carbocycles. The maximum Gasteiger partial charge on any atom is 0.0402 e. The van der Waals surface area contributed by atoms with Crippen molar-refractivity contribution in [2.45, 2.75) is 38.6 Å². The second kappa shape index (κ2) is 5.30. The van der Waals surface area contributed by atoms with Gasteiger partial charge in [-0.2, -0.15) is 0 Å². The van der Waals surface area contributed by atoms with E-state index in [-0.39, 0.29) is 0 Å². The fourth-order valence-electron chi connectivity index (χ4n) is 2.54. The lowest BCUT2D eigenvalue weighted by atomic mass is 9.98. The Morgan fingerprint density at radius 2 is 2.38 bits per heavy atom. The van der Waals surface area contributed by atoms with Crippen LogP contribution < -0.4 is 10.6 Å². The minimum atomic E-state index is 0.626. The van der Waals surface area contributed by atoms with Gasteiger partial charge in [0, 0.05) is 30.2 Å². The van der Waals surface area contributed by atoms with E-state index < -0.39 is 0 Å². The van der Waals surface area contributed by atoms with E-state index >= 15 is 0 Å². The second-order valence-electron chi connectivity index (χ2n) is 4.58. The molecule has 1 aromatic heterocycles. The maximum absolute atomic E-state index is 5.69. The molecule has 1 unspecified atom stereocenters. The first-order chi connectivity index (χ1) is 7.81. The first-order valence-corrected chi connectivity index (χ1v) is 6.20. The van der Waals surface area contributed by atoms with Gasteiger partial charge in [-0.3, -0.25) is 4.98 Å². The smallest absolute Gasteiger partial charge is 0.0402 e. The Kier molecular flexibility index (Phi) is 3.78. The molecule has 2 rings (SSSR count). The number of aryl methyl sites for hydroxylation is 1. The Bertz CT molecular complexity index is 336. The molecule has 1 fully saturated rings. The first-order valence-electron chi connectivity index (χ1n) is 6.20. The van der Waals surface area contributed by atoms with Crippen molar-refractivity contribution < 1.29 is 0 Å². The van der Waals surface area contributed by atoms with Crippen molar-refractivity contribution in [2.24, 2.45) is 5.73 Å². The molecule has 88 valence electrons. The van der Waals surface area contributed by atoms with Crippen molar-refractivity contribution >= 4 is 5.69 Å². The molecule has 0 saturated carbocycles. The highest BCUT2D eigenvalue weighted by Crippen LogP contribution is 2.26. The summed E-state index contributed by atoms with van der Waals surface area (Å²) in [7, 11) is 0. The van der Waals surface area contributed by atoms with Crippen LogP contribution >= 0.6 is 0 Å². The van der Waals surface area contributed by atoms with Crippen molar-refractivity contribution in [3.63, 3.8) is 0 Å². The second-order valence-corrected chi connectivity index (χ2v) is 4.58. The molecular weight excluding hydrogens is 198 g/mol. The molecule has 3 heteroatoms. The Balaban J connectivity index is 2.16. The van der Waals surface area contributed by atoms with Crippen LogP contribution in [0, 0.1) is 6.92 Å². The topological polar surface area (TPSA) is 42.1 Å². The van der Waals surface area contributed by atoms with E-state index in [9.17, 15) is 0 Å². The predicted octanol–water partition coefficient (Wildman–Crippen LogP) is 2.10. The van der Waals surface area contributed by atoms with Gasteiger partial charge in [0.25, 0.3) is 0 Å². The Hall–Kier alpha value is -1.09. The number of anilines is 1. The number of hydrogen-bond donors (Lipinski definition) is 1. The van der Waals surface area contributed by atoms with E-state index in [0.717, 1.165) is 25.2 Å². The number of aromatic nitrogens is 1. The molecule has 1 aliphatic heterocycles. The van der Waals surface area contributed by atoms with E-state index in [1.165, 1.54) is 24.9 Å². The summed E-state index contributed by atoms with van der Waals surface area (Å²) in [6.07, 6.45) is 6.91. The zero-order valence-corrected chi connectivity index (χ0v) is 10.0. The Labute approximate surface area is 97.7 Å². The summed E-state index contributed by atoms with van der Waals surface area (Å²) < 4.78 is 0. The number of rotatable bonds is 3. The predicted molar refractivity (Wildman–Crippen MR) is 67.6 cm³/mol. The van der Waals surface area contributed by atoms with Crippen LogP contribution in [0.1, 0.15) is 31.4 Å². The van der Waals surface area contributed by atoms with Crippen molar-refractivity contribution in [1.82, 2.24) is 4.98 Å². The fourth-order valence-corrected chi connectivity index (χ4v) is 2.54. The molecular formula is C13H21N3. The number of nitrogens with two attached hydrogens (primary N) is 1. The third kappa shape index (κ3) is 2.53. The van der Waals surface area contributed by atoms with Gasteiger partial charge in [-0.1, -0.05) is 0 Å². The van der Waals surface area contributed by atoms with Crippen molar-refractivity contribution in [1.29, 1.82) is 0 Å². The van der Waals surface area contributed by atoms with Gasteiger partial charge in [-0.05, 0) is 51.3 Å². The number of piperidine rings is 1. The Morgan fingerprint density at radius 3 is 3.12 bits per heavy atom. The zero-order chi connectivity index (χ0) is 11.4.